The summed E-state index contributed by atoms with van der Waals surface area (Å²) >= 11 is 0. The lowest BCUT2D eigenvalue weighted by Gasteiger charge is -2.08. The van der Waals surface area contributed by atoms with E-state index in [1.54, 1.807) is 7.11 Å². The molecule has 4 rings (SSSR count). The molecule has 0 spiro atoms. The van der Waals surface area contributed by atoms with Gasteiger partial charge in [0.1, 0.15) is 5.75 Å². The largest absolute Gasteiger partial charge is 0.497 e. The van der Waals surface area contributed by atoms with Crippen molar-refractivity contribution in [3.8, 4) is 22.9 Å². The molecule has 0 atom stereocenters. The third-order valence-corrected chi connectivity index (χ3v) is 5.27. The van der Waals surface area contributed by atoms with Crippen molar-refractivity contribution in [2.45, 2.75) is 33.2 Å². The van der Waals surface area contributed by atoms with Gasteiger partial charge in [0.2, 0.25) is 12.7 Å². The molecule has 0 bridgehead atoms. The summed E-state index contributed by atoms with van der Waals surface area (Å²) in [6.45, 7) is 4.70. The fraction of sp³-hybridized carbons (Fsp3) is 0.304. The van der Waals surface area contributed by atoms with Gasteiger partial charge in [-0.3, -0.25) is 4.79 Å². The van der Waals surface area contributed by atoms with Crippen LogP contribution in [0.15, 0.2) is 42.5 Å². The van der Waals surface area contributed by atoms with E-state index in [0.29, 0.717) is 19.4 Å². The molecule has 3 aromatic rings. The minimum atomic E-state index is 0.000553. The summed E-state index contributed by atoms with van der Waals surface area (Å²) in [5, 5.41) is 7.64. The zero-order chi connectivity index (χ0) is 21.1. The summed E-state index contributed by atoms with van der Waals surface area (Å²) in [7, 11) is 1.65. The van der Waals surface area contributed by atoms with Gasteiger partial charge in [0.25, 0.3) is 0 Å². The van der Waals surface area contributed by atoms with E-state index in [1.807, 2.05) is 61.0 Å². The van der Waals surface area contributed by atoms with Crippen LogP contribution in [0.25, 0.3) is 5.69 Å². The number of benzene rings is 2. The van der Waals surface area contributed by atoms with E-state index < -0.39 is 0 Å². The van der Waals surface area contributed by atoms with Crippen molar-refractivity contribution in [3.05, 3.63) is 65.0 Å². The van der Waals surface area contributed by atoms with E-state index >= 15 is 0 Å². The molecular weight excluding hydrogens is 382 g/mol. The van der Waals surface area contributed by atoms with Crippen LogP contribution in [0.1, 0.15) is 28.9 Å². The van der Waals surface area contributed by atoms with Crippen molar-refractivity contribution in [2.24, 2.45) is 0 Å². The molecule has 2 aromatic carbocycles. The number of fused-ring (bicyclic) bond motifs is 1. The molecule has 1 aliphatic heterocycles. The summed E-state index contributed by atoms with van der Waals surface area (Å²) in [5.41, 5.74) is 4.97. The number of amides is 1. The fourth-order valence-corrected chi connectivity index (χ4v) is 3.61. The highest BCUT2D eigenvalue weighted by molar-refractivity contribution is 5.76. The maximum absolute atomic E-state index is 12.4. The molecule has 1 amide bonds. The number of carbonyl (C=O) groups is 1. The summed E-state index contributed by atoms with van der Waals surface area (Å²) < 4.78 is 17.9. The molecule has 30 heavy (non-hydrogen) atoms. The topological polar surface area (TPSA) is 74.6 Å². The maximum Gasteiger partial charge on any atom is 0.231 e. The van der Waals surface area contributed by atoms with E-state index in [1.165, 1.54) is 0 Å². The number of hydrogen-bond donors (Lipinski definition) is 1. The van der Waals surface area contributed by atoms with Crippen molar-refractivity contribution in [1.29, 1.82) is 0 Å². The molecule has 0 saturated heterocycles. The van der Waals surface area contributed by atoms with Crippen molar-refractivity contribution in [1.82, 2.24) is 15.1 Å². The second kappa shape index (κ2) is 8.49. The number of aryl methyl sites for hydroxylation is 1. The lowest BCUT2D eigenvalue weighted by Crippen LogP contribution is -2.23. The smallest absolute Gasteiger partial charge is 0.231 e. The fourth-order valence-electron chi connectivity index (χ4n) is 3.61. The summed E-state index contributed by atoms with van der Waals surface area (Å²) in [6, 6.07) is 13.5. The third-order valence-electron chi connectivity index (χ3n) is 5.27. The summed E-state index contributed by atoms with van der Waals surface area (Å²) in [4.78, 5) is 12.4. The van der Waals surface area contributed by atoms with Gasteiger partial charge in [-0.15, -0.1) is 0 Å². The van der Waals surface area contributed by atoms with Crippen LogP contribution in [0.3, 0.4) is 0 Å². The molecule has 7 heteroatoms. The number of rotatable bonds is 7. The Bertz CT molecular complexity index is 1070. The Hall–Kier alpha value is -3.48. The van der Waals surface area contributed by atoms with Crippen LogP contribution < -0.4 is 19.5 Å². The molecular formula is C23H25N3O4. The SMILES string of the molecule is COc1cccc(-n2nc(C)c(CCC(=O)NCc3ccc4c(c3)OCO4)c2C)c1. The first-order chi connectivity index (χ1) is 14.5. The lowest BCUT2D eigenvalue weighted by molar-refractivity contribution is -0.121. The highest BCUT2D eigenvalue weighted by atomic mass is 16.7. The normalized spacial score (nSPS) is 12.1. The molecule has 1 aliphatic rings. The first-order valence-electron chi connectivity index (χ1n) is 9.90. The van der Waals surface area contributed by atoms with Gasteiger partial charge in [-0.05, 0) is 55.7 Å². The minimum Gasteiger partial charge on any atom is -0.497 e. The van der Waals surface area contributed by atoms with Gasteiger partial charge in [0, 0.05) is 24.7 Å². The maximum atomic E-state index is 12.4. The van der Waals surface area contributed by atoms with Gasteiger partial charge in [-0.2, -0.15) is 5.10 Å². The van der Waals surface area contributed by atoms with Gasteiger partial charge in [-0.25, -0.2) is 4.68 Å². The molecule has 0 unspecified atom stereocenters. The van der Waals surface area contributed by atoms with Gasteiger partial charge in [0.15, 0.2) is 11.5 Å². The zero-order valence-electron chi connectivity index (χ0n) is 17.4. The number of methoxy groups -OCH3 is 1. The molecule has 1 aromatic heterocycles. The number of carbonyl (C=O) groups excluding carboxylic acids is 1. The molecule has 156 valence electrons. The van der Waals surface area contributed by atoms with E-state index in [-0.39, 0.29) is 12.7 Å². The van der Waals surface area contributed by atoms with Crippen LogP contribution >= 0.6 is 0 Å². The summed E-state index contributed by atoms with van der Waals surface area (Å²) in [6.07, 6.45) is 1.03. The molecule has 7 nitrogen and oxygen atoms in total. The minimum absolute atomic E-state index is 0.000553. The highest BCUT2D eigenvalue weighted by Crippen LogP contribution is 2.32. The average Bonchev–Trinajstić information content (AvgIpc) is 3.34. The van der Waals surface area contributed by atoms with Gasteiger partial charge < -0.3 is 19.5 Å². The van der Waals surface area contributed by atoms with Gasteiger partial charge in [-0.1, -0.05) is 12.1 Å². The quantitative estimate of drug-likeness (QED) is 0.649. The van der Waals surface area contributed by atoms with Crippen molar-refractivity contribution in [2.75, 3.05) is 13.9 Å². The Kier molecular flexibility index (Phi) is 5.61. The van der Waals surface area contributed by atoms with E-state index in [4.69, 9.17) is 14.2 Å². The van der Waals surface area contributed by atoms with E-state index in [0.717, 1.165) is 45.5 Å². The van der Waals surface area contributed by atoms with E-state index in [2.05, 4.69) is 10.4 Å². The molecule has 1 N–H and O–H groups in total. The second-order valence-corrected chi connectivity index (χ2v) is 7.23. The zero-order valence-corrected chi connectivity index (χ0v) is 17.4. The first-order valence-corrected chi connectivity index (χ1v) is 9.90. The Labute approximate surface area is 175 Å². The number of ether oxygens (including phenoxy) is 3. The Balaban J connectivity index is 1.37. The molecule has 0 fully saturated rings. The molecule has 0 saturated carbocycles. The lowest BCUT2D eigenvalue weighted by atomic mass is 10.1. The first kappa shape index (κ1) is 19.8. The summed E-state index contributed by atoms with van der Waals surface area (Å²) in [5.74, 6) is 2.24. The third kappa shape index (κ3) is 4.10. The number of hydrogen-bond acceptors (Lipinski definition) is 5. The van der Waals surface area contributed by atoms with E-state index in [9.17, 15) is 4.79 Å². The van der Waals surface area contributed by atoms with Crippen molar-refractivity contribution >= 4 is 5.91 Å². The van der Waals surface area contributed by atoms with Gasteiger partial charge in [0.05, 0.1) is 18.5 Å². The predicted molar refractivity (Wildman–Crippen MR) is 112 cm³/mol. The number of nitrogens with one attached hydrogen (secondary N) is 1. The number of nitrogens with zero attached hydrogens (tertiary/aromatic N) is 2. The van der Waals surface area contributed by atoms with Crippen LogP contribution in [-0.2, 0) is 17.8 Å². The van der Waals surface area contributed by atoms with Gasteiger partial charge >= 0.3 is 0 Å². The predicted octanol–water partition coefficient (Wildman–Crippen LogP) is 3.48. The highest BCUT2D eigenvalue weighted by Gasteiger charge is 2.16. The van der Waals surface area contributed by atoms with Crippen LogP contribution in [0.5, 0.6) is 17.2 Å². The molecule has 2 heterocycles. The monoisotopic (exact) mass is 407 g/mol. The number of aromatic nitrogens is 2. The van der Waals surface area contributed by atoms with Crippen molar-refractivity contribution in [3.63, 3.8) is 0 Å². The average molecular weight is 407 g/mol. The van der Waals surface area contributed by atoms with Crippen LogP contribution in [0.4, 0.5) is 0 Å². The molecule has 0 aliphatic carbocycles. The van der Waals surface area contributed by atoms with Crippen LogP contribution in [-0.4, -0.2) is 29.6 Å². The Morgan fingerprint density at radius 1 is 1.17 bits per heavy atom. The molecule has 0 radical (unpaired) electrons. The van der Waals surface area contributed by atoms with Crippen LogP contribution in [0, 0.1) is 13.8 Å². The Morgan fingerprint density at radius 3 is 2.83 bits per heavy atom. The Morgan fingerprint density at radius 2 is 2.00 bits per heavy atom. The van der Waals surface area contributed by atoms with Crippen molar-refractivity contribution < 1.29 is 19.0 Å². The van der Waals surface area contributed by atoms with Crippen LogP contribution in [0.2, 0.25) is 0 Å². The standard InChI is InChI=1S/C23H25N3O4/c1-15-20(16(2)26(25-15)18-5-4-6-19(12-18)28-3)8-10-23(27)24-13-17-7-9-21-22(11-17)30-14-29-21/h4-7,9,11-12H,8,10,13-14H2,1-3H3,(H,24,27). The second-order valence-electron chi connectivity index (χ2n) is 7.23.